The number of ether oxygens (including phenoxy) is 2. The molecule has 0 atom stereocenters. The number of benzene rings is 2. The van der Waals surface area contributed by atoms with E-state index in [9.17, 15) is 4.79 Å². The average molecular weight is 342 g/mol. The standard InChI is InChI=1S/C19H22N2O4/c1-3-23-17-9-5-15(6-10-17)13-20-25-14-19(22)21-16-7-11-18(12-8-16)24-4-2/h5-13H,3-4,14H2,1-2H3,(H,21,22)/b20-13-. The summed E-state index contributed by atoms with van der Waals surface area (Å²) in [6.07, 6.45) is 1.54. The molecular weight excluding hydrogens is 320 g/mol. The first kappa shape index (κ1) is 18.3. The first-order valence-corrected chi connectivity index (χ1v) is 8.12. The molecule has 1 N–H and O–H groups in total. The molecule has 0 saturated heterocycles. The molecule has 6 nitrogen and oxygen atoms in total. The van der Waals surface area contributed by atoms with Crippen LogP contribution in [0.1, 0.15) is 19.4 Å². The molecule has 0 radical (unpaired) electrons. The third-order valence-electron chi connectivity index (χ3n) is 3.11. The SMILES string of the molecule is CCOc1ccc(/C=N\OCC(=O)Nc2ccc(OCC)cc2)cc1. The lowest BCUT2D eigenvalue weighted by Gasteiger charge is -2.06. The van der Waals surface area contributed by atoms with Gasteiger partial charge in [0.25, 0.3) is 5.91 Å². The van der Waals surface area contributed by atoms with Crippen LogP contribution in [0.5, 0.6) is 11.5 Å². The first-order chi connectivity index (χ1) is 12.2. The van der Waals surface area contributed by atoms with Gasteiger partial charge in [0.05, 0.1) is 19.4 Å². The van der Waals surface area contributed by atoms with Gasteiger partial charge in [0, 0.05) is 5.69 Å². The molecule has 0 heterocycles. The van der Waals surface area contributed by atoms with Crippen LogP contribution in [0, 0.1) is 0 Å². The quantitative estimate of drug-likeness (QED) is 0.559. The van der Waals surface area contributed by atoms with Crippen molar-refractivity contribution in [2.75, 3.05) is 25.1 Å². The Hall–Kier alpha value is -3.02. The number of anilines is 1. The fourth-order valence-corrected chi connectivity index (χ4v) is 2.01. The average Bonchev–Trinajstić information content (AvgIpc) is 2.62. The molecule has 6 heteroatoms. The zero-order valence-corrected chi connectivity index (χ0v) is 14.4. The van der Waals surface area contributed by atoms with Gasteiger partial charge >= 0.3 is 0 Å². The Balaban J connectivity index is 1.74. The van der Waals surface area contributed by atoms with Crippen LogP contribution >= 0.6 is 0 Å². The van der Waals surface area contributed by atoms with E-state index in [-0.39, 0.29) is 12.5 Å². The predicted molar refractivity (Wildman–Crippen MR) is 97.4 cm³/mol. The van der Waals surface area contributed by atoms with Gasteiger partial charge in [0.2, 0.25) is 0 Å². The van der Waals surface area contributed by atoms with E-state index in [1.54, 1.807) is 30.5 Å². The highest BCUT2D eigenvalue weighted by atomic mass is 16.6. The van der Waals surface area contributed by atoms with Crippen molar-refractivity contribution in [2.45, 2.75) is 13.8 Å². The van der Waals surface area contributed by atoms with Gasteiger partial charge in [-0.15, -0.1) is 0 Å². The first-order valence-electron chi connectivity index (χ1n) is 8.12. The largest absolute Gasteiger partial charge is 0.494 e. The van der Waals surface area contributed by atoms with E-state index in [0.29, 0.717) is 18.9 Å². The molecule has 2 rings (SSSR count). The molecule has 2 aromatic carbocycles. The molecule has 0 fully saturated rings. The van der Waals surface area contributed by atoms with Crippen LogP contribution in [0.3, 0.4) is 0 Å². The molecule has 0 unspecified atom stereocenters. The van der Waals surface area contributed by atoms with Gasteiger partial charge < -0.3 is 19.6 Å². The smallest absolute Gasteiger partial charge is 0.265 e. The van der Waals surface area contributed by atoms with Gasteiger partial charge in [-0.2, -0.15) is 0 Å². The number of carbonyl (C=O) groups is 1. The van der Waals surface area contributed by atoms with E-state index in [4.69, 9.17) is 14.3 Å². The van der Waals surface area contributed by atoms with E-state index in [1.165, 1.54) is 0 Å². The lowest BCUT2D eigenvalue weighted by molar-refractivity contribution is -0.120. The molecule has 2 aromatic rings. The number of nitrogens with one attached hydrogen (secondary N) is 1. The van der Waals surface area contributed by atoms with Crippen LogP contribution in [-0.2, 0) is 9.63 Å². The Kier molecular flexibility index (Phi) is 7.31. The number of carbonyl (C=O) groups excluding carboxylic acids is 1. The summed E-state index contributed by atoms with van der Waals surface area (Å²) in [6, 6.07) is 14.6. The number of amides is 1. The third kappa shape index (κ3) is 6.55. The summed E-state index contributed by atoms with van der Waals surface area (Å²) in [7, 11) is 0. The number of nitrogens with zero attached hydrogens (tertiary/aromatic N) is 1. The summed E-state index contributed by atoms with van der Waals surface area (Å²) < 4.78 is 10.7. The Morgan fingerprint density at radius 2 is 1.52 bits per heavy atom. The number of hydrogen-bond donors (Lipinski definition) is 1. The van der Waals surface area contributed by atoms with Gasteiger partial charge in [-0.25, -0.2) is 0 Å². The highest BCUT2D eigenvalue weighted by molar-refractivity contribution is 5.91. The molecule has 1 amide bonds. The highest BCUT2D eigenvalue weighted by Crippen LogP contribution is 2.15. The zero-order chi connectivity index (χ0) is 17.9. The Morgan fingerprint density at radius 3 is 2.08 bits per heavy atom. The lowest BCUT2D eigenvalue weighted by Crippen LogP contribution is -2.16. The molecule has 0 aromatic heterocycles. The minimum atomic E-state index is -0.284. The van der Waals surface area contributed by atoms with E-state index in [0.717, 1.165) is 17.1 Å². The maximum atomic E-state index is 11.8. The molecule has 0 bridgehead atoms. The molecule has 0 spiro atoms. The fourth-order valence-electron chi connectivity index (χ4n) is 2.01. The molecule has 25 heavy (non-hydrogen) atoms. The fraction of sp³-hybridized carbons (Fsp3) is 0.263. The van der Waals surface area contributed by atoms with Gasteiger partial charge in [0.15, 0.2) is 6.61 Å². The monoisotopic (exact) mass is 342 g/mol. The molecule has 0 aliphatic heterocycles. The maximum Gasteiger partial charge on any atom is 0.265 e. The maximum absolute atomic E-state index is 11.8. The normalized spacial score (nSPS) is 10.5. The zero-order valence-electron chi connectivity index (χ0n) is 14.4. The number of rotatable bonds is 9. The van der Waals surface area contributed by atoms with Crippen molar-refractivity contribution in [3.8, 4) is 11.5 Å². The van der Waals surface area contributed by atoms with Gasteiger partial charge in [-0.1, -0.05) is 5.16 Å². The summed E-state index contributed by atoms with van der Waals surface area (Å²) in [4.78, 5) is 16.8. The van der Waals surface area contributed by atoms with Crippen LogP contribution in [0.4, 0.5) is 5.69 Å². The Labute approximate surface area is 147 Å². The van der Waals surface area contributed by atoms with Crippen molar-refractivity contribution in [1.29, 1.82) is 0 Å². The van der Waals surface area contributed by atoms with Crippen molar-refractivity contribution in [3.05, 3.63) is 54.1 Å². The van der Waals surface area contributed by atoms with Gasteiger partial charge in [-0.05, 0) is 67.9 Å². The van der Waals surface area contributed by atoms with Crippen molar-refractivity contribution >= 4 is 17.8 Å². The lowest BCUT2D eigenvalue weighted by atomic mass is 10.2. The summed E-state index contributed by atoms with van der Waals surface area (Å²) in [5.41, 5.74) is 1.53. The second-order valence-electron chi connectivity index (χ2n) is 5.02. The third-order valence-corrected chi connectivity index (χ3v) is 3.11. The topological polar surface area (TPSA) is 69.2 Å². The summed E-state index contributed by atoms with van der Waals surface area (Å²) in [6.45, 7) is 4.91. The minimum Gasteiger partial charge on any atom is -0.494 e. The van der Waals surface area contributed by atoms with Crippen molar-refractivity contribution in [1.82, 2.24) is 0 Å². The van der Waals surface area contributed by atoms with Crippen molar-refractivity contribution in [2.24, 2.45) is 5.16 Å². The minimum absolute atomic E-state index is 0.166. The Bertz CT molecular complexity index is 682. The number of hydrogen-bond acceptors (Lipinski definition) is 5. The summed E-state index contributed by atoms with van der Waals surface area (Å²) in [5.74, 6) is 1.28. The number of oxime groups is 1. The molecule has 0 aliphatic carbocycles. The molecule has 0 aliphatic rings. The predicted octanol–water partition coefficient (Wildman–Crippen LogP) is 3.47. The summed E-state index contributed by atoms with van der Waals surface area (Å²) >= 11 is 0. The van der Waals surface area contributed by atoms with Crippen LogP contribution < -0.4 is 14.8 Å². The van der Waals surface area contributed by atoms with Crippen LogP contribution in [0.2, 0.25) is 0 Å². The van der Waals surface area contributed by atoms with Gasteiger partial charge in [-0.3, -0.25) is 4.79 Å². The summed E-state index contributed by atoms with van der Waals surface area (Å²) in [5, 5.41) is 6.51. The van der Waals surface area contributed by atoms with Crippen LogP contribution in [0.15, 0.2) is 53.7 Å². The van der Waals surface area contributed by atoms with E-state index < -0.39 is 0 Å². The van der Waals surface area contributed by atoms with Crippen molar-refractivity contribution in [3.63, 3.8) is 0 Å². The van der Waals surface area contributed by atoms with Crippen LogP contribution in [-0.4, -0.2) is 31.9 Å². The molecule has 132 valence electrons. The van der Waals surface area contributed by atoms with Crippen LogP contribution in [0.25, 0.3) is 0 Å². The molecular formula is C19H22N2O4. The van der Waals surface area contributed by atoms with E-state index in [1.807, 2.05) is 38.1 Å². The second kappa shape index (κ2) is 9.97. The second-order valence-corrected chi connectivity index (χ2v) is 5.02. The van der Waals surface area contributed by atoms with Crippen molar-refractivity contribution < 1.29 is 19.1 Å². The molecule has 0 saturated carbocycles. The Morgan fingerprint density at radius 1 is 0.960 bits per heavy atom. The highest BCUT2D eigenvalue weighted by Gasteiger charge is 2.03. The van der Waals surface area contributed by atoms with Gasteiger partial charge in [0.1, 0.15) is 11.5 Å². The van der Waals surface area contributed by atoms with E-state index >= 15 is 0 Å². The van der Waals surface area contributed by atoms with E-state index in [2.05, 4.69) is 10.5 Å².